The summed E-state index contributed by atoms with van der Waals surface area (Å²) in [6.07, 6.45) is -5.69. The molecule has 24 heavy (non-hydrogen) atoms. The molecule has 0 saturated carbocycles. The van der Waals surface area contributed by atoms with Gasteiger partial charge in [-0.25, -0.2) is 0 Å². The number of rotatable bonds is 7. The molecule has 1 atom stereocenters. The highest BCUT2D eigenvalue weighted by atomic mass is 19.4. The normalized spacial score (nSPS) is 12.6. The fourth-order valence-electron chi connectivity index (χ4n) is 1.80. The summed E-state index contributed by atoms with van der Waals surface area (Å²) in [7, 11) is 0. The van der Waals surface area contributed by atoms with Gasteiger partial charge < -0.3 is 10.6 Å². The van der Waals surface area contributed by atoms with E-state index in [9.17, 15) is 27.6 Å². The Kier molecular flexibility index (Phi) is 6.94. The Morgan fingerprint density at radius 2 is 1.67 bits per heavy atom. The van der Waals surface area contributed by atoms with Gasteiger partial charge in [0.15, 0.2) is 5.78 Å². The zero-order valence-electron chi connectivity index (χ0n) is 13.3. The summed E-state index contributed by atoms with van der Waals surface area (Å²) >= 11 is 0. The van der Waals surface area contributed by atoms with Gasteiger partial charge in [0, 0.05) is 18.5 Å². The van der Waals surface area contributed by atoms with Crippen LogP contribution in [0, 0.1) is 5.92 Å². The molecule has 0 spiro atoms. The summed E-state index contributed by atoms with van der Waals surface area (Å²) < 4.78 is 37.3. The summed E-state index contributed by atoms with van der Waals surface area (Å²) in [5, 5.41) is 4.01. The van der Waals surface area contributed by atoms with E-state index in [0.29, 0.717) is 0 Å². The van der Waals surface area contributed by atoms with E-state index < -0.39 is 36.2 Å². The Morgan fingerprint density at radius 3 is 2.17 bits per heavy atom. The van der Waals surface area contributed by atoms with Gasteiger partial charge in [-0.15, -0.1) is 0 Å². The molecule has 1 unspecified atom stereocenters. The first-order valence-electron chi connectivity index (χ1n) is 7.35. The van der Waals surface area contributed by atoms with Crippen molar-refractivity contribution in [3.8, 4) is 0 Å². The van der Waals surface area contributed by atoms with Crippen molar-refractivity contribution in [1.82, 2.24) is 10.6 Å². The van der Waals surface area contributed by atoms with E-state index in [1.54, 1.807) is 37.4 Å². The summed E-state index contributed by atoms with van der Waals surface area (Å²) in [6.45, 7) is 3.83. The van der Waals surface area contributed by atoms with Crippen LogP contribution in [0.5, 0.6) is 0 Å². The predicted octanol–water partition coefficient (Wildman–Crippen LogP) is 2.08. The lowest BCUT2D eigenvalue weighted by Crippen LogP contribution is -2.51. The van der Waals surface area contributed by atoms with Crippen molar-refractivity contribution in [2.45, 2.75) is 32.5 Å². The van der Waals surface area contributed by atoms with E-state index in [1.165, 1.54) is 12.1 Å². The van der Waals surface area contributed by atoms with Crippen molar-refractivity contribution in [3.63, 3.8) is 0 Å². The van der Waals surface area contributed by atoms with Crippen LogP contribution in [0.2, 0.25) is 0 Å². The Balaban J connectivity index is 2.85. The Bertz CT molecular complexity index is 586. The van der Waals surface area contributed by atoms with Gasteiger partial charge in [-0.2, -0.15) is 13.2 Å². The molecule has 0 aliphatic heterocycles. The summed E-state index contributed by atoms with van der Waals surface area (Å²) in [4.78, 5) is 35.3. The Labute approximate surface area is 137 Å². The summed E-state index contributed by atoms with van der Waals surface area (Å²) in [5.74, 6) is -3.56. The fraction of sp³-hybridized carbons (Fsp3) is 0.438. The van der Waals surface area contributed by atoms with Crippen molar-refractivity contribution in [3.05, 3.63) is 35.9 Å². The van der Waals surface area contributed by atoms with Gasteiger partial charge in [0.05, 0.1) is 0 Å². The van der Waals surface area contributed by atoms with Crippen LogP contribution in [-0.4, -0.2) is 36.4 Å². The lowest BCUT2D eigenvalue weighted by Gasteiger charge is -2.19. The zero-order chi connectivity index (χ0) is 18.3. The maximum atomic E-state index is 12.4. The van der Waals surface area contributed by atoms with Crippen LogP contribution in [0.4, 0.5) is 13.2 Å². The first-order chi connectivity index (χ1) is 11.1. The molecule has 0 aromatic heterocycles. The van der Waals surface area contributed by atoms with Crippen LogP contribution in [-0.2, 0) is 9.59 Å². The van der Waals surface area contributed by atoms with Crippen LogP contribution < -0.4 is 10.6 Å². The smallest absolute Gasteiger partial charge is 0.354 e. The molecule has 0 saturated heterocycles. The van der Waals surface area contributed by atoms with Crippen molar-refractivity contribution in [2.75, 3.05) is 6.54 Å². The maximum absolute atomic E-state index is 12.4. The molecule has 0 heterocycles. The molecule has 0 aliphatic rings. The molecule has 1 aromatic carbocycles. The highest BCUT2D eigenvalue weighted by Gasteiger charge is 2.41. The number of hydrogen-bond acceptors (Lipinski definition) is 3. The van der Waals surface area contributed by atoms with Gasteiger partial charge >= 0.3 is 12.1 Å². The summed E-state index contributed by atoms with van der Waals surface area (Å²) in [5.41, 5.74) is 0.250. The molecule has 5 nitrogen and oxygen atoms in total. The van der Waals surface area contributed by atoms with Gasteiger partial charge in [-0.3, -0.25) is 14.4 Å². The lowest BCUT2D eigenvalue weighted by atomic mass is 10.0. The highest BCUT2D eigenvalue weighted by molar-refractivity contribution is 6.00. The SMILES string of the molecule is CC(C)CNC(=O)C(CC(=O)c1ccccc1)NC(=O)C(F)(F)F. The average molecular weight is 344 g/mol. The number of benzene rings is 1. The monoisotopic (exact) mass is 344 g/mol. The van der Waals surface area contributed by atoms with E-state index in [-0.39, 0.29) is 18.0 Å². The molecule has 132 valence electrons. The minimum atomic E-state index is -5.13. The fourth-order valence-corrected chi connectivity index (χ4v) is 1.80. The van der Waals surface area contributed by atoms with Gasteiger partial charge in [-0.1, -0.05) is 44.2 Å². The number of nitrogens with one attached hydrogen (secondary N) is 2. The Hall–Kier alpha value is -2.38. The van der Waals surface area contributed by atoms with Gasteiger partial charge in [0.1, 0.15) is 6.04 Å². The minimum Gasteiger partial charge on any atom is -0.354 e. The number of alkyl halides is 3. The van der Waals surface area contributed by atoms with E-state index in [0.717, 1.165) is 0 Å². The molecule has 2 N–H and O–H groups in total. The van der Waals surface area contributed by atoms with Gasteiger partial charge in [0.2, 0.25) is 5.91 Å². The standard InChI is InChI=1S/C16H19F3N2O3/c1-10(2)9-20-14(23)12(21-15(24)16(17,18)19)8-13(22)11-6-4-3-5-7-11/h3-7,10,12H,8-9H2,1-2H3,(H,20,23)(H,21,24). The molecule has 2 amide bonds. The van der Waals surface area contributed by atoms with Crippen LogP contribution in [0.25, 0.3) is 0 Å². The lowest BCUT2D eigenvalue weighted by molar-refractivity contribution is -0.174. The van der Waals surface area contributed by atoms with Crippen LogP contribution in [0.3, 0.4) is 0 Å². The van der Waals surface area contributed by atoms with E-state index >= 15 is 0 Å². The Morgan fingerprint density at radius 1 is 1.08 bits per heavy atom. The molecule has 0 bridgehead atoms. The minimum absolute atomic E-state index is 0.0674. The zero-order valence-corrected chi connectivity index (χ0v) is 13.3. The molecule has 0 fully saturated rings. The molecule has 8 heteroatoms. The van der Waals surface area contributed by atoms with Crippen molar-refractivity contribution in [2.24, 2.45) is 5.92 Å². The summed E-state index contributed by atoms with van der Waals surface area (Å²) in [6, 6.07) is 6.24. The molecule has 0 radical (unpaired) electrons. The number of Topliss-reactive ketones (excluding diaryl/α,β-unsaturated/α-hetero) is 1. The first-order valence-corrected chi connectivity index (χ1v) is 7.35. The second-order valence-corrected chi connectivity index (χ2v) is 5.66. The highest BCUT2D eigenvalue weighted by Crippen LogP contribution is 2.15. The maximum Gasteiger partial charge on any atom is 0.471 e. The van der Waals surface area contributed by atoms with Crippen molar-refractivity contribution in [1.29, 1.82) is 0 Å². The van der Waals surface area contributed by atoms with Crippen LogP contribution in [0.15, 0.2) is 30.3 Å². The third-order valence-electron chi connectivity index (χ3n) is 3.05. The average Bonchev–Trinajstić information content (AvgIpc) is 2.51. The third-order valence-corrected chi connectivity index (χ3v) is 3.05. The van der Waals surface area contributed by atoms with Gasteiger partial charge in [0.25, 0.3) is 0 Å². The number of carbonyl (C=O) groups excluding carboxylic acids is 3. The van der Waals surface area contributed by atoms with Crippen LogP contribution in [0.1, 0.15) is 30.6 Å². The molecule has 1 aromatic rings. The quantitative estimate of drug-likeness (QED) is 0.744. The van der Waals surface area contributed by atoms with Crippen LogP contribution >= 0.6 is 0 Å². The topological polar surface area (TPSA) is 75.3 Å². The molecular weight excluding hydrogens is 325 g/mol. The van der Waals surface area contributed by atoms with Crippen molar-refractivity contribution < 1.29 is 27.6 Å². The second-order valence-electron chi connectivity index (χ2n) is 5.66. The predicted molar refractivity (Wildman–Crippen MR) is 81.2 cm³/mol. The number of ketones is 1. The number of hydrogen-bond donors (Lipinski definition) is 2. The first kappa shape index (κ1) is 19.7. The third kappa shape index (κ3) is 6.39. The van der Waals surface area contributed by atoms with Gasteiger partial charge in [-0.05, 0) is 5.92 Å². The van der Waals surface area contributed by atoms with E-state index in [4.69, 9.17) is 0 Å². The molecule has 1 rings (SSSR count). The largest absolute Gasteiger partial charge is 0.471 e. The van der Waals surface area contributed by atoms with E-state index in [2.05, 4.69) is 5.32 Å². The number of carbonyl (C=O) groups is 3. The number of halogens is 3. The second kappa shape index (κ2) is 8.47. The number of amides is 2. The molecular formula is C16H19F3N2O3. The van der Waals surface area contributed by atoms with Crippen molar-refractivity contribution >= 4 is 17.6 Å². The van der Waals surface area contributed by atoms with E-state index in [1.807, 2.05) is 0 Å². The molecule has 0 aliphatic carbocycles.